The minimum atomic E-state index is -0.929. The Labute approximate surface area is 178 Å². The minimum Gasteiger partial charge on any atom is -0.349 e. The zero-order chi connectivity index (χ0) is 21.7. The van der Waals surface area contributed by atoms with Crippen LogP contribution in [0.1, 0.15) is 41.5 Å². The number of aromatic amines is 1. The average molecular weight is 425 g/mol. The molecule has 0 saturated heterocycles. The smallest absolute Gasteiger partial charge is 0.269 e. The van der Waals surface area contributed by atoms with Gasteiger partial charge < -0.3 is 4.98 Å². The zero-order valence-electron chi connectivity index (χ0n) is 16.3. The molecule has 1 aromatic heterocycles. The summed E-state index contributed by atoms with van der Waals surface area (Å²) in [5.41, 5.74) is -0.415. The fourth-order valence-corrected chi connectivity index (χ4v) is 3.96. The largest absolute Gasteiger partial charge is 0.349 e. The van der Waals surface area contributed by atoms with Crippen LogP contribution in [0.25, 0.3) is 0 Å². The van der Waals surface area contributed by atoms with Gasteiger partial charge >= 0.3 is 0 Å². The van der Waals surface area contributed by atoms with Crippen LogP contribution in [0.3, 0.4) is 0 Å². The Kier molecular flexibility index (Phi) is 6.47. The van der Waals surface area contributed by atoms with E-state index in [4.69, 9.17) is 12.2 Å². The fourth-order valence-electron chi connectivity index (χ4n) is 3.51. The highest BCUT2D eigenvalue weighted by atomic mass is 32.1. The Morgan fingerprint density at radius 2 is 2.00 bits per heavy atom. The topological polar surface area (TPSA) is 88.9 Å². The first kappa shape index (κ1) is 21.4. The van der Waals surface area contributed by atoms with Crippen LogP contribution < -0.4 is 0 Å². The number of aromatic nitrogens is 2. The second-order valence-corrected chi connectivity index (χ2v) is 7.95. The number of H-pyrrole nitrogens is 1. The second kappa shape index (κ2) is 9.04. The third kappa shape index (κ3) is 5.01. The Balaban J connectivity index is 1.91. The lowest BCUT2D eigenvalue weighted by Gasteiger charge is -2.30. The van der Waals surface area contributed by atoms with Crippen molar-refractivity contribution in [2.45, 2.75) is 31.6 Å². The molecule has 0 aliphatic rings. The third-order valence-corrected chi connectivity index (χ3v) is 5.25. The Hall–Kier alpha value is -3.26. The van der Waals surface area contributed by atoms with Crippen LogP contribution in [0.5, 0.6) is 0 Å². The van der Waals surface area contributed by atoms with Gasteiger partial charge in [0.15, 0.2) is 5.78 Å². The molecule has 2 aromatic carbocycles. The Morgan fingerprint density at radius 3 is 2.63 bits per heavy atom. The van der Waals surface area contributed by atoms with Crippen LogP contribution in [-0.2, 0) is 11.8 Å². The van der Waals surface area contributed by atoms with E-state index >= 15 is 0 Å². The number of nitrogens with one attached hydrogen (secondary N) is 1. The molecule has 6 nitrogen and oxygen atoms in total. The number of carbonyl (C=O) groups excluding carboxylic acids is 1. The number of carbonyl (C=O) groups is 1. The molecule has 0 bridgehead atoms. The number of thiocarbonyl (C=S) groups is 1. The van der Waals surface area contributed by atoms with Gasteiger partial charge in [-0.05, 0) is 12.5 Å². The molecule has 0 fully saturated rings. The van der Waals surface area contributed by atoms with E-state index in [0.29, 0.717) is 16.3 Å². The highest BCUT2D eigenvalue weighted by Gasteiger charge is 2.34. The maximum Gasteiger partial charge on any atom is 0.269 e. The van der Waals surface area contributed by atoms with E-state index in [9.17, 15) is 19.3 Å². The summed E-state index contributed by atoms with van der Waals surface area (Å²) in [6.45, 7) is 1.77. The van der Waals surface area contributed by atoms with Crippen molar-refractivity contribution in [2.24, 2.45) is 0 Å². The van der Waals surface area contributed by atoms with Crippen molar-refractivity contribution in [1.82, 2.24) is 9.97 Å². The first-order valence-electron chi connectivity index (χ1n) is 9.31. The van der Waals surface area contributed by atoms with Crippen molar-refractivity contribution >= 4 is 28.6 Å². The number of nitro benzene ring substituents is 1. The van der Waals surface area contributed by atoms with Gasteiger partial charge in [0, 0.05) is 58.8 Å². The van der Waals surface area contributed by atoms with Crippen LogP contribution in [0.2, 0.25) is 0 Å². The minimum absolute atomic E-state index is 0.0314. The summed E-state index contributed by atoms with van der Waals surface area (Å²) in [7, 11) is 0. The Morgan fingerprint density at radius 1 is 1.27 bits per heavy atom. The summed E-state index contributed by atoms with van der Waals surface area (Å²) in [6.07, 6.45) is 3.73. The van der Waals surface area contributed by atoms with Gasteiger partial charge in [-0.15, -0.1) is 0 Å². The lowest BCUT2D eigenvalue weighted by atomic mass is 9.74. The van der Waals surface area contributed by atoms with Crippen LogP contribution in [0.4, 0.5) is 10.1 Å². The van der Waals surface area contributed by atoms with Crippen molar-refractivity contribution < 1.29 is 14.1 Å². The summed E-state index contributed by atoms with van der Waals surface area (Å²) < 4.78 is 14.8. The normalized spacial score (nSPS) is 12.9. The monoisotopic (exact) mass is 425 g/mol. The number of non-ortho nitro benzene ring substituents is 1. The van der Waals surface area contributed by atoms with E-state index in [1.165, 1.54) is 6.07 Å². The average Bonchev–Trinajstić information content (AvgIpc) is 3.21. The molecule has 0 radical (unpaired) electrons. The Bertz CT molecular complexity index is 1070. The molecular formula is C22H20FN3O3S. The molecule has 0 unspecified atom stereocenters. The van der Waals surface area contributed by atoms with Crippen molar-refractivity contribution in [1.29, 1.82) is 0 Å². The van der Waals surface area contributed by atoms with Crippen molar-refractivity contribution in [3.05, 3.63) is 93.8 Å². The molecular weight excluding hydrogens is 405 g/mol. The van der Waals surface area contributed by atoms with Crippen LogP contribution in [0, 0.1) is 15.9 Å². The number of ketones is 1. The number of halogens is 1. The fraction of sp³-hybridized carbons (Fsp3) is 0.227. The number of rotatable bonds is 9. The maximum atomic E-state index is 14.8. The summed E-state index contributed by atoms with van der Waals surface area (Å²) in [5, 5.41) is 11.2. The van der Waals surface area contributed by atoms with E-state index < -0.39 is 16.2 Å². The number of benzene rings is 2. The van der Waals surface area contributed by atoms with Gasteiger partial charge in [0.25, 0.3) is 5.69 Å². The molecule has 1 N–H and O–H groups in total. The van der Waals surface area contributed by atoms with E-state index in [2.05, 4.69) is 9.97 Å². The number of Topliss-reactive ketones (excluding diaryl/α,β-unsaturated/α-hetero) is 1. The highest BCUT2D eigenvalue weighted by molar-refractivity contribution is 7.80. The molecule has 0 saturated carbocycles. The van der Waals surface area contributed by atoms with Crippen molar-refractivity contribution in [3.8, 4) is 0 Å². The standard InChI is InChI=1S/C22H20FN3O3S/c1-22(14-21-24-9-10-25-21,18-11-16(26(28)29)7-8-19(18)23)13-17(30)12-20(27)15-5-3-2-4-6-15/h2-11H,12-14H2,1H3,(H,24,25)/t22-/m0/s1. The van der Waals surface area contributed by atoms with Gasteiger partial charge in [0.2, 0.25) is 0 Å². The lowest BCUT2D eigenvalue weighted by Crippen LogP contribution is -2.30. The molecule has 8 heteroatoms. The van der Waals surface area contributed by atoms with Gasteiger partial charge in [-0.3, -0.25) is 14.9 Å². The summed E-state index contributed by atoms with van der Waals surface area (Å²) in [5.74, 6) is -0.0899. The summed E-state index contributed by atoms with van der Waals surface area (Å²) in [6, 6.07) is 12.3. The predicted octanol–water partition coefficient (Wildman–Crippen LogP) is 4.99. The zero-order valence-corrected chi connectivity index (χ0v) is 17.1. The summed E-state index contributed by atoms with van der Waals surface area (Å²) >= 11 is 5.49. The van der Waals surface area contributed by atoms with E-state index in [1.54, 1.807) is 43.6 Å². The van der Waals surface area contributed by atoms with Crippen molar-refractivity contribution in [3.63, 3.8) is 0 Å². The van der Waals surface area contributed by atoms with Crippen LogP contribution in [0.15, 0.2) is 60.9 Å². The van der Waals surface area contributed by atoms with Crippen molar-refractivity contribution in [2.75, 3.05) is 0 Å². The first-order chi connectivity index (χ1) is 14.3. The first-order valence-corrected chi connectivity index (χ1v) is 9.72. The number of hydrogen-bond donors (Lipinski definition) is 1. The maximum absolute atomic E-state index is 14.8. The number of nitro groups is 1. The third-order valence-electron chi connectivity index (χ3n) is 4.96. The summed E-state index contributed by atoms with van der Waals surface area (Å²) in [4.78, 5) is 30.8. The van der Waals surface area contributed by atoms with Gasteiger partial charge in [0.05, 0.1) is 4.92 Å². The molecule has 0 aliphatic carbocycles. The molecule has 3 aromatic rings. The number of imidazole rings is 1. The highest BCUT2D eigenvalue weighted by Crippen LogP contribution is 2.36. The quantitative estimate of drug-likeness (QED) is 0.226. The van der Waals surface area contributed by atoms with E-state index in [0.717, 1.165) is 12.1 Å². The molecule has 3 rings (SSSR count). The molecule has 0 spiro atoms. The van der Waals surface area contributed by atoms with E-state index in [-0.39, 0.29) is 36.3 Å². The van der Waals surface area contributed by atoms with Crippen LogP contribution in [-0.4, -0.2) is 25.5 Å². The van der Waals surface area contributed by atoms with E-state index in [1.807, 2.05) is 6.07 Å². The molecule has 0 aliphatic heterocycles. The lowest BCUT2D eigenvalue weighted by molar-refractivity contribution is -0.385. The molecule has 1 atom stereocenters. The van der Waals surface area contributed by atoms with Crippen LogP contribution >= 0.6 is 12.2 Å². The molecule has 1 heterocycles. The van der Waals surface area contributed by atoms with Gasteiger partial charge in [-0.1, -0.05) is 49.5 Å². The molecule has 0 amide bonds. The van der Waals surface area contributed by atoms with Gasteiger partial charge in [-0.25, -0.2) is 9.37 Å². The molecule has 30 heavy (non-hydrogen) atoms. The predicted molar refractivity (Wildman–Crippen MR) is 115 cm³/mol. The SMILES string of the molecule is C[C@](CC(=S)CC(=O)c1ccccc1)(Cc1ncc[nH]1)c1cc([N+](=O)[O-])ccc1F. The second-order valence-electron chi connectivity index (χ2n) is 7.38. The van der Waals surface area contributed by atoms with Gasteiger partial charge in [0.1, 0.15) is 11.6 Å². The van der Waals surface area contributed by atoms with Gasteiger partial charge in [-0.2, -0.15) is 0 Å². The number of hydrogen-bond acceptors (Lipinski definition) is 5. The number of nitrogens with zero attached hydrogens (tertiary/aromatic N) is 2. The molecule has 154 valence electrons.